The number of fused-ring (bicyclic) bond motifs is 1. The summed E-state index contributed by atoms with van der Waals surface area (Å²) in [6, 6.07) is 19.4. The number of carbonyl (C=O) groups is 2. The van der Waals surface area contributed by atoms with Crippen molar-refractivity contribution < 1.29 is 9.59 Å². The van der Waals surface area contributed by atoms with Crippen molar-refractivity contribution >= 4 is 35.0 Å². The van der Waals surface area contributed by atoms with Crippen LogP contribution in [0.25, 0.3) is 21.9 Å². The first-order valence-electron chi connectivity index (χ1n) is 10.5. The van der Waals surface area contributed by atoms with E-state index in [1.807, 2.05) is 59.5 Å². The van der Waals surface area contributed by atoms with Crippen molar-refractivity contribution in [1.82, 2.24) is 10.2 Å². The van der Waals surface area contributed by atoms with Crippen LogP contribution in [0.3, 0.4) is 0 Å². The van der Waals surface area contributed by atoms with Crippen LogP contribution in [0.2, 0.25) is 0 Å². The van der Waals surface area contributed by atoms with E-state index in [4.69, 9.17) is 5.73 Å². The van der Waals surface area contributed by atoms with Gasteiger partial charge in [-0.25, -0.2) is 0 Å². The van der Waals surface area contributed by atoms with E-state index in [2.05, 4.69) is 5.32 Å². The minimum Gasteiger partial charge on any atom is -0.355 e. The molecule has 1 saturated heterocycles. The van der Waals surface area contributed by atoms with Gasteiger partial charge in [0.2, 0.25) is 0 Å². The van der Waals surface area contributed by atoms with Crippen LogP contribution in [-0.2, 0) is 0 Å². The summed E-state index contributed by atoms with van der Waals surface area (Å²) in [5, 5.41) is 4.58. The molecule has 3 aromatic carbocycles. The Hall–Kier alpha value is -2.89. The van der Waals surface area contributed by atoms with Crippen molar-refractivity contribution in [3.8, 4) is 11.1 Å². The van der Waals surface area contributed by atoms with Crippen LogP contribution >= 0.6 is 12.4 Å². The number of nitrogens with one attached hydrogen (secondary N) is 1. The summed E-state index contributed by atoms with van der Waals surface area (Å²) in [5.41, 5.74) is 9.43. The van der Waals surface area contributed by atoms with Gasteiger partial charge in [0.05, 0.1) is 0 Å². The number of nitrogens with zero attached hydrogens (tertiary/aromatic N) is 1. The Balaban J connectivity index is 0.00000272. The molecule has 0 bridgehead atoms. The molecule has 6 heteroatoms. The molecule has 3 N–H and O–H groups in total. The first-order chi connectivity index (χ1) is 14.6. The summed E-state index contributed by atoms with van der Waals surface area (Å²) < 4.78 is 0. The van der Waals surface area contributed by atoms with Crippen molar-refractivity contribution in [2.75, 3.05) is 20.1 Å². The second-order valence-corrected chi connectivity index (χ2v) is 7.87. The van der Waals surface area contributed by atoms with Gasteiger partial charge >= 0.3 is 0 Å². The largest absolute Gasteiger partial charge is 0.355 e. The SMILES string of the molecule is CNC(=O)c1cccc(-c2cccc3c(C(=O)N4CCCCC(N)C4)cccc23)c1.Cl. The highest BCUT2D eigenvalue weighted by Crippen LogP contribution is 2.31. The fourth-order valence-electron chi connectivity index (χ4n) is 4.25. The Bertz CT molecular complexity index is 1100. The van der Waals surface area contributed by atoms with Crippen molar-refractivity contribution in [1.29, 1.82) is 0 Å². The maximum atomic E-state index is 13.4. The topological polar surface area (TPSA) is 75.4 Å². The lowest BCUT2D eigenvalue weighted by Gasteiger charge is -2.23. The molecular formula is C25H28ClN3O2. The molecule has 0 saturated carbocycles. The molecule has 0 radical (unpaired) electrons. The van der Waals surface area contributed by atoms with Gasteiger partial charge < -0.3 is 16.0 Å². The third kappa shape index (κ3) is 4.73. The smallest absolute Gasteiger partial charge is 0.254 e. The van der Waals surface area contributed by atoms with Gasteiger partial charge in [-0.15, -0.1) is 12.4 Å². The lowest BCUT2D eigenvalue weighted by molar-refractivity contribution is 0.0757. The van der Waals surface area contributed by atoms with Crippen molar-refractivity contribution in [2.45, 2.75) is 25.3 Å². The summed E-state index contributed by atoms with van der Waals surface area (Å²) >= 11 is 0. The number of amides is 2. The first kappa shape index (κ1) is 22.8. The molecule has 1 unspecified atom stereocenters. The Labute approximate surface area is 189 Å². The van der Waals surface area contributed by atoms with Gasteiger partial charge in [-0.05, 0) is 52.9 Å². The summed E-state index contributed by atoms with van der Waals surface area (Å²) in [4.78, 5) is 27.3. The van der Waals surface area contributed by atoms with Gasteiger partial charge in [0.25, 0.3) is 11.8 Å². The van der Waals surface area contributed by atoms with E-state index in [1.54, 1.807) is 13.1 Å². The molecule has 1 atom stereocenters. The number of hydrogen-bond donors (Lipinski definition) is 2. The van der Waals surface area contributed by atoms with Gasteiger partial charge in [-0.2, -0.15) is 0 Å². The number of hydrogen-bond acceptors (Lipinski definition) is 3. The van der Waals surface area contributed by atoms with E-state index in [1.165, 1.54) is 0 Å². The van der Waals surface area contributed by atoms with Gasteiger partial charge in [-0.3, -0.25) is 9.59 Å². The molecule has 0 spiro atoms. The van der Waals surface area contributed by atoms with Crippen molar-refractivity contribution in [2.24, 2.45) is 5.73 Å². The van der Waals surface area contributed by atoms with Crippen molar-refractivity contribution in [3.05, 3.63) is 71.8 Å². The molecule has 4 rings (SSSR count). The van der Waals surface area contributed by atoms with Crippen LogP contribution in [0.15, 0.2) is 60.7 Å². The molecule has 1 aliphatic rings. The Kier molecular flexibility index (Phi) is 7.31. The fourth-order valence-corrected chi connectivity index (χ4v) is 4.25. The normalized spacial score (nSPS) is 16.3. The van der Waals surface area contributed by atoms with E-state index >= 15 is 0 Å². The third-order valence-corrected chi connectivity index (χ3v) is 5.81. The van der Waals surface area contributed by atoms with Crippen molar-refractivity contribution in [3.63, 3.8) is 0 Å². The quantitative estimate of drug-likeness (QED) is 0.643. The van der Waals surface area contributed by atoms with Gasteiger partial charge in [0.1, 0.15) is 0 Å². The van der Waals surface area contributed by atoms with Crippen LogP contribution in [0.4, 0.5) is 0 Å². The van der Waals surface area contributed by atoms with Gasteiger partial charge in [0, 0.05) is 37.3 Å². The zero-order valence-electron chi connectivity index (χ0n) is 17.6. The van der Waals surface area contributed by atoms with E-state index < -0.39 is 0 Å². The Morgan fingerprint density at radius 1 is 1.00 bits per heavy atom. The number of nitrogens with two attached hydrogens (primary N) is 1. The minimum atomic E-state index is -0.120. The number of likely N-dealkylation sites (tertiary alicyclic amines) is 1. The predicted octanol–water partition coefficient (Wildman–Crippen LogP) is 4.24. The highest BCUT2D eigenvalue weighted by Gasteiger charge is 2.22. The average molecular weight is 438 g/mol. The highest BCUT2D eigenvalue weighted by molar-refractivity contribution is 6.10. The van der Waals surface area contributed by atoms with Crippen LogP contribution in [0.1, 0.15) is 40.0 Å². The maximum absolute atomic E-state index is 13.4. The van der Waals surface area contributed by atoms with Gasteiger partial charge in [0.15, 0.2) is 0 Å². The average Bonchev–Trinajstić information content (AvgIpc) is 3.01. The Morgan fingerprint density at radius 2 is 1.74 bits per heavy atom. The summed E-state index contributed by atoms with van der Waals surface area (Å²) in [5.74, 6) is -0.0836. The zero-order valence-corrected chi connectivity index (χ0v) is 18.5. The van der Waals surface area contributed by atoms with E-state index in [0.717, 1.165) is 47.7 Å². The molecule has 31 heavy (non-hydrogen) atoms. The molecule has 5 nitrogen and oxygen atoms in total. The van der Waals surface area contributed by atoms with E-state index in [0.29, 0.717) is 17.7 Å². The lowest BCUT2D eigenvalue weighted by atomic mass is 9.94. The predicted molar refractivity (Wildman–Crippen MR) is 128 cm³/mol. The molecule has 2 amide bonds. The number of halogens is 1. The number of benzene rings is 3. The van der Waals surface area contributed by atoms with Crippen LogP contribution in [-0.4, -0.2) is 42.9 Å². The first-order valence-corrected chi connectivity index (χ1v) is 10.5. The highest BCUT2D eigenvalue weighted by atomic mass is 35.5. The second-order valence-electron chi connectivity index (χ2n) is 7.87. The summed E-state index contributed by atoms with van der Waals surface area (Å²) in [7, 11) is 1.62. The molecule has 1 fully saturated rings. The monoisotopic (exact) mass is 437 g/mol. The van der Waals surface area contributed by atoms with E-state index in [-0.39, 0.29) is 30.3 Å². The Morgan fingerprint density at radius 3 is 2.55 bits per heavy atom. The standard InChI is InChI=1S/C25H27N3O2.ClH/c1-27-24(29)18-8-4-7-17(15-18)20-10-5-12-22-21(20)11-6-13-23(22)25(30)28-14-3-2-9-19(26)16-28;/h4-8,10-13,15,19H,2-3,9,14,16,26H2,1H3,(H,27,29);1H. The second kappa shape index (κ2) is 9.94. The van der Waals surface area contributed by atoms with Crippen LogP contribution < -0.4 is 11.1 Å². The molecule has 0 aliphatic carbocycles. The molecule has 0 aromatic heterocycles. The summed E-state index contributed by atoms with van der Waals surface area (Å²) in [6.45, 7) is 1.35. The fraction of sp³-hybridized carbons (Fsp3) is 0.280. The zero-order chi connectivity index (χ0) is 21.1. The minimum absolute atomic E-state index is 0. The van der Waals surface area contributed by atoms with Crippen LogP contribution in [0.5, 0.6) is 0 Å². The molecule has 3 aromatic rings. The molecule has 1 aliphatic heterocycles. The number of carbonyl (C=O) groups excluding carboxylic acids is 2. The summed E-state index contributed by atoms with van der Waals surface area (Å²) in [6.07, 6.45) is 3.01. The molecule has 1 heterocycles. The number of rotatable bonds is 3. The third-order valence-electron chi connectivity index (χ3n) is 5.81. The maximum Gasteiger partial charge on any atom is 0.254 e. The van der Waals surface area contributed by atoms with Crippen LogP contribution in [0, 0.1) is 0 Å². The van der Waals surface area contributed by atoms with E-state index in [9.17, 15) is 9.59 Å². The molecule has 162 valence electrons. The molecular weight excluding hydrogens is 410 g/mol. The lowest BCUT2D eigenvalue weighted by Crippen LogP contribution is -2.39. The van der Waals surface area contributed by atoms with Gasteiger partial charge in [-0.1, -0.05) is 48.9 Å².